The lowest BCUT2D eigenvalue weighted by atomic mass is 10.1. The number of aromatic nitrogens is 1. The number of anilines is 2. The second kappa shape index (κ2) is 6.87. The van der Waals surface area contributed by atoms with Gasteiger partial charge in [-0.3, -0.25) is 9.52 Å². The monoisotopic (exact) mass is 382 g/mol. The molecule has 138 valence electrons. The molecule has 0 aliphatic carbocycles. The normalized spacial score (nSPS) is 17.3. The third kappa shape index (κ3) is 3.74. The lowest BCUT2D eigenvalue weighted by Gasteiger charge is -2.17. The summed E-state index contributed by atoms with van der Waals surface area (Å²) < 4.78 is 53.5. The summed E-state index contributed by atoms with van der Waals surface area (Å²) in [5, 5.41) is 0. The standard InChI is InChI=1S/C16H16F2N4O3S/c17-11-1-3-13(18)14(7-11)21-26(24,25)12-2-4-15(20-8-12)22-6-5-10(9-22)16(19)23/h1-4,7-8,10,21H,5-6,9H2,(H2,19,23)/t10-/m1/s1. The van der Waals surface area contributed by atoms with Gasteiger partial charge in [0.25, 0.3) is 10.0 Å². The Morgan fingerprint density at radius 2 is 2.04 bits per heavy atom. The van der Waals surface area contributed by atoms with Gasteiger partial charge >= 0.3 is 0 Å². The van der Waals surface area contributed by atoms with Crippen molar-refractivity contribution in [2.24, 2.45) is 11.7 Å². The van der Waals surface area contributed by atoms with Crippen molar-refractivity contribution in [1.29, 1.82) is 0 Å². The minimum atomic E-state index is -4.13. The number of nitrogens with zero attached hydrogens (tertiary/aromatic N) is 2. The van der Waals surface area contributed by atoms with Gasteiger partial charge in [-0.1, -0.05) is 0 Å². The number of pyridine rings is 1. The fraction of sp³-hybridized carbons (Fsp3) is 0.250. The average molecular weight is 382 g/mol. The van der Waals surface area contributed by atoms with E-state index in [0.29, 0.717) is 25.3 Å². The van der Waals surface area contributed by atoms with Crippen LogP contribution in [0.25, 0.3) is 0 Å². The molecule has 1 aromatic heterocycles. The molecular formula is C16H16F2N4O3S. The topological polar surface area (TPSA) is 105 Å². The Balaban J connectivity index is 1.77. The van der Waals surface area contributed by atoms with Crippen molar-refractivity contribution >= 4 is 27.4 Å². The van der Waals surface area contributed by atoms with E-state index in [-0.39, 0.29) is 16.7 Å². The van der Waals surface area contributed by atoms with Crippen molar-refractivity contribution in [2.75, 3.05) is 22.7 Å². The van der Waals surface area contributed by atoms with Gasteiger partial charge in [0, 0.05) is 25.4 Å². The summed E-state index contributed by atoms with van der Waals surface area (Å²) in [5.74, 6) is -1.81. The van der Waals surface area contributed by atoms with Gasteiger partial charge in [0.2, 0.25) is 5.91 Å². The zero-order valence-electron chi connectivity index (χ0n) is 13.5. The Kier molecular flexibility index (Phi) is 4.77. The van der Waals surface area contributed by atoms with Crippen LogP contribution in [0.5, 0.6) is 0 Å². The van der Waals surface area contributed by atoms with Gasteiger partial charge in [0.15, 0.2) is 0 Å². The maximum atomic E-state index is 13.6. The van der Waals surface area contributed by atoms with Crippen LogP contribution < -0.4 is 15.4 Å². The van der Waals surface area contributed by atoms with Crippen LogP contribution >= 0.6 is 0 Å². The molecule has 1 aliphatic heterocycles. The Labute approximate surface area is 148 Å². The van der Waals surface area contributed by atoms with Gasteiger partial charge in [0.05, 0.1) is 11.6 Å². The maximum Gasteiger partial charge on any atom is 0.263 e. The summed E-state index contributed by atoms with van der Waals surface area (Å²) in [6.45, 7) is 1.00. The van der Waals surface area contributed by atoms with Crippen LogP contribution in [0.1, 0.15) is 6.42 Å². The molecule has 0 spiro atoms. The molecule has 3 N–H and O–H groups in total. The number of rotatable bonds is 5. The smallest absolute Gasteiger partial charge is 0.263 e. The highest BCUT2D eigenvalue weighted by molar-refractivity contribution is 7.92. The Morgan fingerprint density at radius 1 is 1.27 bits per heavy atom. The van der Waals surface area contributed by atoms with Gasteiger partial charge in [-0.2, -0.15) is 0 Å². The highest BCUT2D eigenvalue weighted by Gasteiger charge is 2.27. The van der Waals surface area contributed by atoms with Crippen LogP contribution in [0.3, 0.4) is 0 Å². The number of amides is 1. The third-order valence-corrected chi connectivity index (χ3v) is 5.47. The predicted octanol–water partition coefficient (Wildman–Crippen LogP) is 1.47. The molecule has 1 amide bonds. The number of benzene rings is 1. The summed E-state index contributed by atoms with van der Waals surface area (Å²) >= 11 is 0. The summed E-state index contributed by atoms with van der Waals surface area (Å²) in [6.07, 6.45) is 1.73. The van der Waals surface area contributed by atoms with Crippen molar-refractivity contribution in [3.8, 4) is 0 Å². The lowest BCUT2D eigenvalue weighted by molar-refractivity contribution is -0.121. The van der Waals surface area contributed by atoms with Crippen LogP contribution in [0.2, 0.25) is 0 Å². The first-order chi connectivity index (χ1) is 12.3. The highest BCUT2D eigenvalue weighted by atomic mass is 32.2. The van der Waals surface area contributed by atoms with Crippen molar-refractivity contribution in [2.45, 2.75) is 11.3 Å². The number of carbonyl (C=O) groups excluding carboxylic acids is 1. The number of sulfonamides is 1. The van der Waals surface area contributed by atoms with Gasteiger partial charge in [-0.25, -0.2) is 22.2 Å². The first kappa shape index (κ1) is 18.1. The molecule has 0 saturated carbocycles. The van der Waals surface area contributed by atoms with Gasteiger partial charge in [0.1, 0.15) is 22.3 Å². The summed E-state index contributed by atoms with van der Waals surface area (Å²) in [4.78, 5) is 16.9. The zero-order chi connectivity index (χ0) is 18.9. The molecule has 10 heteroatoms. The van der Waals surface area contributed by atoms with Crippen LogP contribution in [0.4, 0.5) is 20.3 Å². The number of primary amides is 1. The summed E-state index contributed by atoms with van der Waals surface area (Å²) in [5.41, 5.74) is 4.80. The molecule has 2 heterocycles. The van der Waals surface area contributed by atoms with Crippen LogP contribution in [-0.2, 0) is 14.8 Å². The first-order valence-electron chi connectivity index (χ1n) is 7.74. The molecule has 2 aromatic rings. The lowest BCUT2D eigenvalue weighted by Crippen LogP contribution is -2.27. The minimum absolute atomic E-state index is 0.199. The summed E-state index contributed by atoms with van der Waals surface area (Å²) in [6, 6.07) is 5.26. The zero-order valence-corrected chi connectivity index (χ0v) is 14.3. The third-order valence-electron chi connectivity index (χ3n) is 4.12. The van der Waals surface area contributed by atoms with Crippen molar-refractivity contribution in [3.05, 3.63) is 48.2 Å². The molecule has 7 nitrogen and oxygen atoms in total. The van der Waals surface area contributed by atoms with E-state index in [1.54, 1.807) is 0 Å². The second-order valence-electron chi connectivity index (χ2n) is 5.92. The van der Waals surface area contributed by atoms with Gasteiger partial charge in [-0.05, 0) is 30.7 Å². The number of hydrogen-bond donors (Lipinski definition) is 2. The molecule has 26 heavy (non-hydrogen) atoms. The molecule has 1 atom stereocenters. The van der Waals surface area contributed by atoms with E-state index in [0.717, 1.165) is 24.4 Å². The van der Waals surface area contributed by atoms with Crippen molar-refractivity contribution in [3.63, 3.8) is 0 Å². The van der Waals surface area contributed by atoms with E-state index < -0.39 is 27.3 Å². The molecular weight excluding hydrogens is 366 g/mol. The quantitative estimate of drug-likeness (QED) is 0.815. The molecule has 1 fully saturated rings. The van der Waals surface area contributed by atoms with Gasteiger partial charge in [-0.15, -0.1) is 0 Å². The number of nitrogens with two attached hydrogens (primary N) is 1. The van der Waals surface area contributed by atoms with E-state index in [1.807, 2.05) is 9.62 Å². The number of carbonyl (C=O) groups is 1. The summed E-state index contributed by atoms with van der Waals surface area (Å²) in [7, 11) is -4.13. The van der Waals surface area contributed by atoms with Crippen LogP contribution in [-0.4, -0.2) is 32.4 Å². The number of halogens is 2. The molecule has 3 rings (SSSR count). The molecule has 0 radical (unpaired) electrons. The fourth-order valence-electron chi connectivity index (χ4n) is 2.70. The molecule has 1 saturated heterocycles. The Hall–Kier alpha value is -2.75. The molecule has 1 aromatic carbocycles. The molecule has 0 unspecified atom stereocenters. The fourth-order valence-corrected chi connectivity index (χ4v) is 3.70. The van der Waals surface area contributed by atoms with E-state index in [9.17, 15) is 22.0 Å². The average Bonchev–Trinajstić information content (AvgIpc) is 3.08. The van der Waals surface area contributed by atoms with Crippen molar-refractivity contribution < 1.29 is 22.0 Å². The highest BCUT2D eigenvalue weighted by Crippen LogP contribution is 2.24. The van der Waals surface area contributed by atoms with E-state index in [1.165, 1.54) is 12.1 Å². The van der Waals surface area contributed by atoms with E-state index in [2.05, 4.69) is 4.98 Å². The number of hydrogen-bond acceptors (Lipinski definition) is 5. The minimum Gasteiger partial charge on any atom is -0.369 e. The number of nitrogens with one attached hydrogen (secondary N) is 1. The molecule has 0 bridgehead atoms. The molecule has 1 aliphatic rings. The Bertz CT molecular complexity index is 935. The van der Waals surface area contributed by atoms with Crippen molar-refractivity contribution in [1.82, 2.24) is 4.98 Å². The van der Waals surface area contributed by atoms with Crippen LogP contribution in [0.15, 0.2) is 41.4 Å². The largest absolute Gasteiger partial charge is 0.369 e. The second-order valence-corrected chi connectivity index (χ2v) is 7.60. The van der Waals surface area contributed by atoms with Crippen LogP contribution in [0, 0.1) is 17.6 Å². The SMILES string of the molecule is NC(=O)[C@@H]1CCN(c2ccc(S(=O)(=O)Nc3cc(F)ccc3F)cn2)C1. The van der Waals surface area contributed by atoms with E-state index >= 15 is 0 Å². The first-order valence-corrected chi connectivity index (χ1v) is 9.23. The Morgan fingerprint density at radius 3 is 2.65 bits per heavy atom. The maximum absolute atomic E-state index is 13.6. The van der Waals surface area contributed by atoms with Gasteiger partial charge < -0.3 is 10.6 Å². The predicted molar refractivity (Wildman–Crippen MR) is 90.9 cm³/mol. The van der Waals surface area contributed by atoms with E-state index in [4.69, 9.17) is 5.73 Å².